The van der Waals surface area contributed by atoms with Crippen molar-refractivity contribution in [1.29, 1.82) is 0 Å². The second-order valence-electron chi connectivity index (χ2n) is 6.60. The summed E-state index contributed by atoms with van der Waals surface area (Å²) in [6.45, 7) is 0.774. The molecule has 1 N–H and O–H groups in total. The zero-order valence-electron chi connectivity index (χ0n) is 14.6. The molecule has 2 heterocycles. The van der Waals surface area contributed by atoms with Crippen molar-refractivity contribution < 1.29 is 23.5 Å². The van der Waals surface area contributed by atoms with Gasteiger partial charge >= 0.3 is 0 Å². The van der Waals surface area contributed by atoms with Crippen molar-refractivity contribution in [2.75, 3.05) is 24.6 Å². The summed E-state index contributed by atoms with van der Waals surface area (Å²) in [4.78, 5) is 26.0. The highest BCUT2D eigenvalue weighted by Crippen LogP contribution is 2.31. The average molecular weight is 370 g/mol. The summed E-state index contributed by atoms with van der Waals surface area (Å²) in [5, 5.41) is 2.82. The molecule has 2 aromatic carbocycles. The molecule has 140 valence electrons. The van der Waals surface area contributed by atoms with Gasteiger partial charge in [0, 0.05) is 13.0 Å². The molecule has 1 saturated heterocycles. The van der Waals surface area contributed by atoms with Gasteiger partial charge in [0.1, 0.15) is 18.5 Å². The molecule has 0 saturated carbocycles. The molecule has 2 atom stereocenters. The van der Waals surface area contributed by atoms with Crippen LogP contribution in [0.15, 0.2) is 48.5 Å². The molecule has 0 spiro atoms. The van der Waals surface area contributed by atoms with Crippen LogP contribution in [0.4, 0.5) is 10.1 Å². The van der Waals surface area contributed by atoms with Crippen molar-refractivity contribution in [2.24, 2.45) is 5.92 Å². The first-order valence-corrected chi connectivity index (χ1v) is 8.83. The topological polar surface area (TPSA) is 67.9 Å². The van der Waals surface area contributed by atoms with Gasteiger partial charge in [-0.2, -0.15) is 0 Å². The van der Waals surface area contributed by atoms with E-state index in [4.69, 9.17) is 9.47 Å². The molecule has 2 aliphatic rings. The van der Waals surface area contributed by atoms with Gasteiger partial charge in [-0.25, -0.2) is 4.39 Å². The molecule has 0 radical (unpaired) electrons. The number of rotatable bonds is 4. The summed E-state index contributed by atoms with van der Waals surface area (Å²) in [5.74, 6) is -0.171. The Labute approximate surface area is 155 Å². The normalized spacial score (nSPS) is 21.2. The number of nitrogens with one attached hydrogen (secondary N) is 1. The van der Waals surface area contributed by atoms with Gasteiger partial charge in [0.05, 0.1) is 18.2 Å². The van der Waals surface area contributed by atoms with Crippen LogP contribution < -0.4 is 19.7 Å². The molecule has 2 amide bonds. The highest BCUT2D eigenvalue weighted by molar-refractivity contribution is 6.00. The van der Waals surface area contributed by atoms with Gasteiger partial charge in [0.2, 0.25) is 11.8 Å². The Bertz CT molecular complexity index is 873. The number of fused-ring (bicyclic) bond motifs is 1. The first kappa shape index (κ1) is 17.3. The zero-order valence-corrected chi connectivity index (χ0v) is 14.6. The number of hydrogen-bond donors (Lipinski definition) is 1. The minimum absolute atomic E-state index is 0.0605. The fraction of sp³-hybridized carbons (Fsp3) is 0.300. The summed E-state index contributed by atoms with van der Waals surface area (Å²) in [6, 6.07) is 13.4. The molecule has 0 aliphatic carbocycles. The lowest BCUT2D eigenvalue weighted by atomic mass is 10.1. The van der Waals surface area contributed by atoms with Gasteiger partial charge in [-0.05, 0) is 24.3 Å². The van der Waals surface area contributed by atoms with Crippen LogP contribution in [0.25, 0.3) is 0 Å². The van der Waals surface area contributed by atoms with Crippen molar-refractivity contribution in [3.05, 3.63) is 54.3 Å². The average Bonchev–Trinajstić information content (AvgIpc) is 3.08. The van der Waals surface area contributed by atoms with Crippen molar-refractivity contribution in [2.45, 2.75) is 12.5 Å². The zero-order chi connectivity index (χ0) is 18.8. The lowest BCUT2D eigenvalue weighted by Gasteiger charge is -2.26. The van der Waals surface area contributed by atoms with E-state index in [9.17, 15) is 14.0 Å². The summed E-state index contributed by atoms with van der Waals surface area (Å²) in [7, 11) is 0. The van der Waals surface area contributed by atoms with Crippen molar-refractivity contribution in [3.8, 4) is 11.5 Å². The molecule has 2 unspecified atom stereocenters. The monoisotopic (exact) mass is 370 g/mol. The number of hydrogen-bond acceptors (Lipinski definition) is 4. The number of nitrogens with zero attached hydrogens (tertiary/aromatic N) is 1. The third kappa shape index (κ3) is 3.58. The Balaban J connectivity index is 1.33. The van der Waals surface area contributed by atoms with Gasteiger partial charge in [0.25, 0.3) is 0 Å². The third-order valence-corrected chi connectivity index (χ3v) is 4.71. The summed E-state index contributed by atoms with van der Waals surface area (Å²) in [5.41, 5.74) is 0.207. The number of benzene rings is 2. The van der Waals surface area contributed by atoms with E-state index in [1.807, 2.05) is 24.3 Å². The van der Waals surface area contributed by atoms with Crippen molar-refractivity contribution in [3.63, 3.8) is 0 Å². The molecule has 4 rings (SSSR count). The maximum atomic E-state index is 13.9. The predicted octanol–water partition coefficient (Wildman–Crippen LogP) is 2.13. The lowest BCUT2D eigenvalue weighted by Crippen LogP contribution is -2.43. The smallest absolute Gasteiger partial charge is 0.227 e. The maximum Gasteiger partial charge on any atom is 0.227 e. The number of para-hydroxylation sites is 3. The number of amides is 2. The van der Waals surface area contributed by atoms with E-state index < -0.39 is 11.7 Å². The Morgan fingerprint density at radius 1 is 1.15 bits per heavy atom. The van der Waals surface area contributed by atoms with Gasteiger partial charge < -0.3 is 19.7 Å². The second-order valence-corrected chi connectivity index (χ2v) is 6.60. The lowest BCUT2D eigenvalue weighted by molar-refractivity contribution is -0.126. The Kier molecular flexibility index (Phi) is 4.66. The van der Waals surface area contributed by atoms with Crippen molar-refractivity contribution >= 4 is 17.5 Å². The molecular weight excluding hydrogens is 351 g/mol. The maximum absolute atomic E-state index is 13.9. The SMILES string of the molecule is O=C(NCC1COc2ccccc2O1)C1CC(=O)N(c2ccccc2F)C1. The summed E-state index contributed by atoms with van der Waals surface area (Å²) < 4.78 is 25.4. The van der Waals surface area contributed by atoms with E-state index in [1.165, 1.54) is 17.0 Å². The molecule has 1 fully saturated rings. The van der Waals surface area contributed by atoms with Crippen LogP contribution in [-0.4, -0.2) is 37.6 Å². The molecule has 2 aliphatic heterocycles. The fourth-order valence-electron chi connectivity index (χ4n) is 3.31. The van der Waals surface area contributed by atoms with Crippen LogP contribution in [0.3, 0.4) is 0 Å². The number of ether oxygens (including phenoxy) is 2. The van der Waals surface area contributed by atoms with Gasteiger partial charge in [-0.15, -0.1) is 0 Å². The summed E-state index contributed by atoms with van der Waals surface area (Å²) in [6.07, 6.45) is -0.242. The van der Waals surface area contributed by atoms with Crippen LogP contribution in [-0.2, 0) is 9.59 Å². The highest BCUT2D eigenvalue weighted by atomic mass is 19.1. The standard InChI is InChI=1S/C20H19FN2O4/c21-15-5-1-2-6-16(15)23-11-13(9-19(23)24)20(25)22-10-14-12-26-17-7-3-4-8-18(17)27-14/h1-8,13-14H,9-12H2,(H,22,25). The van der Waals surface area contributed by atoms with Gasteiger partial charge in [-0.3, -0.25) is 9.59 Å². The first-order valence-electron chi connectivity index (χ1n) is 8.83. The molecule has 6 nitrogen and oxygen atoms in total. The van der Waals surface area contributed by atoms with Crippen LogP contribution in [0, 0.1) is 11.7 Å². The van der Waals surface area contributed by atoms with E-state index in [0.29, 0.717) is 18.1 Å². The molecule has 0 aromatic heterocycles. The second kappa shape index (κ2) is 7.26. The summed E-state index contributed by atoms with van der Waals surface area (Å²) >= 11 is 0. The van der Waals surface area contributed by atoms with Gasteiger partial charge in [0.15, 0.2) is 11.5 Å². The quantitative estimate of drug-likeness (QED) is 0.895. The molecule has 7 heteroatoms. The Morgan fingerprint density at radius 3 is 2.70 bits per heavy atom. The number of halogens is 1. The third-order valence-electron chi connectivity index (χ3n) is 4.71. The number of anilines is 1. The molecule has 2 aromatic rings. The fourth-order valence-corrected chi connectivity index (χ4v) is 3.31. The molecule has 27 heavy (non-hydrogen) atoms. The van der Waals surface area contributed by atoms with E-state index >= 15 is 0 Å². The van der Waals surface area contributed by atoms with Crippen LogP contribution >= 0.6 is 0 Å². The van der Waals surface area contributed by atoms with E-state index in [-0.39, 0.29) is 43.1 Å². The van der Waals surface area contributed by atoms with E-state index in [0.717, 1.165) is 0 Å². The predicted molar refractivity (Wildman–Crippen MR) is 96.2 cm³/mol. The Morgan fingerprint density at radius 2 is 1.89 bits per heavy atom. The van der Waals surface area contributed by atoms with Crippen LogP contribution in [0.2, 0.25) is 0 Å². The van der Waals surface area contributed by atoms with Crippen molar-refractivity contribution in [1.82, 2.24) is 5.32 Å². The largest absolute Gasteiger partial charge is 0.486 e. The number of carbonyl (C=O) groups is 2. The molecule has 0 bridgehead atoms. The molecular formula is C20H19FN2O4. The van der Waals surface area contributed by atoms with Crippen LogP contribution in [0.5, 0.6) is 11.5 Å². The number of carbonyl (C=O) groups excluding carboxylic acids is 2. The Hall–Kier alpha value is -3.09. The van der Waals surface area contributed by atoms with E-state index in [1.54, 1.807) is 12.1 Å². The van der Waals surface area contributed by atoms with E-state index in [2.05, 4.69) is 5.32 Å². The first-order chi connectivity index (χ1) is 13.1. The van der Waals surface area contributed by atoms with Gasteiger partial charge in [-0.1, -0.05) is 24.3 Å². The highest BCUT2D eigenvalue weighted by Gasteiger charge is 2.36. The van der Waals surface area contributed by atoms with Crippen LogP contribution in [0.1, 0.15) is 6.42 Å². The minimum atomic E-state index is -0.520. The minimum Gasteiger partial charge on any atom is -0.486 e.